The second-order valence-corrected chi connectivity index (χ2v) is 7.67. The largest absolute Gasteiger partial charge is 0.392 e. The molecule has 0 radical (unpaired) electrons. The molecule has 100 valence electrons. The highest BCUT2D eigenvalue weighted by Gasteiger charge is 2.43. The van der Waals surface area contributed by atoms with Gasteiger partial charge in [0.25, 0.3) is 0 Å². The van der Waals surface area contributed by atoms with Crippen molar-refractivity contribution in [2.75, 3.05) is 0 Å². The summed E-state index contributed by atoms with van der Waals surface area (Å²) in [6, 6.07) is 6.12. The van der Waals surface area contributed by atoms with Gasteiger partial charge in [-0.2, -0.15) is 0 Å². The van der Waals surface area contributed by atoms with E-state index in [4.69, 9.17) is 11.6 Å². The molecule has 1 aromatic rings. The van der Waals surface area contributed by atoms with Crippen molar-refractivity contribution in [3.8, 4) is 0 Å². The standard InChI is InChI=1S/C16H23ClO/c1-15(2,3)14-11-8-10(17)6-7-12(11)16(4,5)9-13(14)18/h6-8,13-14,18H,9H2,1-5H3. The van der Waals surface area contributed by atoms with Crippen molar-refractivity contribution in [2.45, 2.75) is 58.5 Å². The van der Waals surface area contributed by atoms with Gasteiger partial charge in [-0.15, -0.1) is 0 Å². The molecule has 0 fully saturated rings. The number of hydrogen-bond acceptors (Lipinski definition) is 1. The zero-order valence-corrected chi connectivity index (χ0v) is 12.7. The van der Waals surface area contributed by atoms with Crippen LogP contribution in [0.2, 0.25) is 5.02 Å². The van der Waals surface area contributed by atoms with Crippen molar-refractivity contribution in [3.63, 3.8) is 0 Å². The molecule has 1 aliphatic carbocycles. The number of hydrogen-bond donors (Lipinski definition) is 1. The van der Waals surface area contributed by atoms with E-state index in [0.717, 1.165) is 11.4 Å². The summed E-state index contributed by atoms with van der Waals surface area (Å²) < 4.78 is 0. The van der Waals surface area contributed by atoms with Crippen LogP contribution in [0.25, 0.3) is 0 Å². The Hall–Kier alpha value is -0.530. The third-order valence-electron chi connectivity index (χ3n) is 4.12. The third kappa shape index (κ3) is 2.31. The average molecular weight is 267 g/mol. The van der Waals surface area contributed by atoms with Crippen LogP contribution in [0.4, 0.5) is 0 Å². The van der Waals surface area contributed by atoms with E-state index in [0.29, 0.717) is 0 Å². The van der Waals surface area contributed by atoms with Crippen molar-refractivity contribution in [1.82, 2.24) is 0 Å². The number of aliphatic hydroxyl groups excluding tert-OH is 1. The van der Waals surface area contributed by atoms with Crippen molar-refractivity contribution in [2.24, 2.45) is 5.41 Å². The zero-order chi connectivity index (χ0) is 13.7. The molecule has 0 spiro atoms. The lowest BCUT2D eigenvalue weighted by molar-refractivity contribution is 0.0530. The van der Waals surface area contributed by atoms with Gasteiger partial charge in [-0.25, -0.2) is 0 Å². The summed E-state index contributed by atoms with van der Waals surface area (Å²) in [5.41, 5.74) is 2.60. The van der Waals surface area contributed by atoms with Crippen LogP contribution in [0.1, 0.15) is 58.1 Å². The van der Waals surface area contributed by atoms with Gasteiger partial charge >= 0.3 is 0 Å². The molecule has 0 aliphatic heterocycles. The van der Waals surface area contributed by atoms with E-state index < -0.39 is 0 Å². The normalized spacial score (nSPS) is 26.8. The van der Waals surface area contributed by atoms with Crippen molar-refractivity contribution < 1.29 is 5.11 Å². The number of rotatable bonds is 0. The minimum atomic E-state index is -0.300. The molecule has 0 saturated heterocycles. The van der Waals surface area contributed by atoms with Gasteiger partial charge in [0, 0.05) is 10.9 Å². The number of halogens is 1. The van der Waals surface area contributed by atoms with Gasteiger partial charge in [-0.1, -0.05) is 52.3 Å². The first-order valence-corrected chi connectivity index (χ1v) is 6.99. The molecule has 1 aliphatic rings. The van der Waals surface area contributed by atoms with Crippen LogP contribution >= 0.6 is 11.6 Å². The van der Waals surface area contributed by atoms with Crippen LogP contribution in [-0.4, -0.2) is 11.2 Å². The SMILES string of the molecule is CC1(C)CC(O)C(C(C)(C)C)c2cc(Cl)ccc21. The highest BCUT2D eigenvalue weighted by atomic mass is 35.5. The quantitative estimate of drug-likeness (QED) is 0.732. The molecule has 18 heavy (non-hydrogen) atoms. The lowest BCUT2D eigenvalue weighted by Crippen LogP contribution is -2.41. The van der Waals surface area contributed by atoms with Crippen molar-refractivity contribution in [3.05, 3.63) is 34.3 Å². The van der Waals surface area contributed by atoms with Gasteiger partial charge < -0.3 is 5.11 Å². The second-order valence-electron chi connectivity index (χ2n) is 7.23. The van der Waals surface area contributed by atoms with Crippen molar-refractivity contribution >= 4 is 11.6 Å². The highest BCUT2D eigenvalue weighted by Crippen LogP contribution is 2.50. The van der Waals surface area contributed by atoms with Crippen LogP contribution in [0.3, 0.4) is 0 Å². The van der Waals surface area contributed by atoms with E-state index in [1.165, 1.54) is 11.1 Å². The zero-order valence-electron chi connectivity index (χ0n) is 11.9. The fourth-order valence-corrected chi connectivity index (χ4v) is 3.59. The van der Waals surface area contributed by atoms with Gasteiger partial charge in [0.15, 0.2) is 0 Å². The number of fused-ring (bicyclic) bond motifs is 1. The maximum atomic E-state index is 10.5. The fourth-order valence-electron chi connectivity index (χ4n) is 3.41. The van der Waals surface area contributed by atoms with Crippen LogP contribution in [0, 0.1) is 5.41 Å². The van der Waals surface area contributed by atoms with Gasteiger partial charge in [0.05, 0.1) is 6.10 Å². The predicted molar refractivity (Wildman–Crippen MR) is 77.3 cm³/mol. The highest BCUT2D eigenvalue weighted by molar-refractivity contribution is 6.30. The average Bonchev–Trinajstić information content (AvgIpc) is 2.12. The Bertz CT molecular complexity index is 457. The molecule has 0 saturated carbocycles. The van der Waals surface area contributed by atoms with Gasteiger partial charge in [0.1, 0.15) is 0 Å². The Morgan fingerprint density at radius 2 is 1.89 bits per heavy atom. The van der Waals surface area contributed by atoms with E-state index in [-0.39, 0.29) is 22.9 Å². The Balaban J connectivity index is 2.64. The van der Waals surface area contributed by atoms with E-state index in [1.807, 2.05) is 12.1 Å². The maximum absolute atomic E-state index is 10.5. The molecule has 1 N–H and O–H groups in total. The lowest BCUT2D eigenvalue weighted by Gasteiger charge is -2.45. The van der Waals surface area contributed by atoms with Crippen molar-refractivity contribution in [1.29, 1.82) is 0 Å². The summed E-state index contributed by atoms with van der Waals surface area (Å²) >= 11 is 6.15. The van der Waals surface area contributed by atoms with E-state index in [9.17, 15) is 5.11 Å². The molecule has 0 amide bonds. The van der Waals surface area contributed by atoms with Crippen LogP contribution in [0.5, 0.6) is 0 Å². The first kappa shape index (κ1) is 13.9. The molecular formula is C16H23ClO. The molecule has 0 bridgehead atoms. The first-order chi connectivity index (χ1) is 8.13. The van der Waals surface area contributed by atoms with Crippen LogP contribution in [-0.2, 0) is 5.41 Å². The van der Waals surface area contributed by atoms with Crippen LogP contribution in [0.15, 0.2) is 18.2 Å². The Morgan fingerprint density at radius 3 is 2.44 bits per heavy atom. The topological polar surface area (TPSA) is 20.2 Å². The summed E-state index contributed by atoms with van der Waals surface area (Å²) in [6.07, 6.45) is 0.509. The molecular weight excluding hydrogens is 244 g/mol. The summed E-state index contributed by atoms with van der Waals surface area (Å²) in [4.78, 5) is 0. The summed E-state index contributed by atoms with van der Waals surface area (Å²) in [5, 5.41) is 11.3. The van der Waals surface area contributed by atoms with E-state index in [2.05, 4.69) is 40.7 Å². The summed E-state index contributed by atoms with van der Waals surface area (Å²) in [5.74, 6) is 0.152. The monoisotopic (exact) mass is 266 g/mol. The molecule has 2 unspecified atom stereocenters. The van der Waals surface area contributed by atoms with Crippen LogP contribution < -0.4 is 0 Å². The summed E-state index contributed by atoms with van der Waals surface area (Å²) in [6.45, 7) is 10.9. The second kappa shape index (κ2) is 4.25. The van der Waals surface area contributed by atoms with E-state index in [1.54, 1.807) is 0 Å². The lowest BCUT2D eigenvalue weighted by atomic mass is 9.61. The Morgan fingerprint density at radius 1 is 1.28 bits per heavy atom. The Labute approximate surface area is 115 Å². The smallest absolute Gasteiger partial charge is 0.0622 e. The molecule has 2 heteroatoms. The molecule has 2 rings (SSSR count). The molecule has 1 nitrogen and oxygen atoms in total. The molecule has 0 heterocycles. The third-order valence-corrected chi connectivity index (χ3v) is 4.35. The predicted octanol–water partition coefficient (Wildman–Crippen LogP) is 4.51. The number of aliphatic hydroxyl groups is 1. The van der Waals surface area contributed by atoms with E-state index >= 15 is 0 Å². The molecule has 0 aromatic heterocycles. The fraction of sp³-hybridized carbons (Fsp3) is 0.625. The number of benzene rings is 1. The van der Waals surface area contributed by atoms with Gasteiger partial charge in [-0.05, 0) is 40.5 Å². The van der Waals surface area contributed by atoms with Gasteiger partial charge in [-0.3, -0.25) is 0 Å². The summed E-state index contributed by atoms with van der Waals surface area (Å²) in [7, 11) is 0. The Kier molecular flexibility index (Phi) is 3.28. The minimum absolute atomic E-state index is 0.0150. The molecule has 2 atom stereocenters. The van der Waals surface area contributed by atoms with Gasteiger partial charge in [0.2, 0.25) is 0 Å². The first-order valence-electron chi connectivity index (χ1n) is 6.61. The minimum Gasteiger partial charge on any atom is -0.392 e. The molecule has 1 aromatic carbocycles. The maximum Gasteiger partial charge on any atom is 0.0622 e.